The number of hydrogen-bond donors (Lipinski definition) is 1. The molecule has 0 amide bonds. The fourth-order valence-electron chi connectivity index (χ4n) is 2.89. The van der Waals surface area contributed by atoms with E-state index in [-0.39, 0.29) is 12.2 Å². The Balaban J connectivity index is 2.18. The van der Waals surface area contributed by atoms with Gasteiger partial charge in [-0.3, -0.25) is 4.79 Å². The Morgan fingerprint density at radius 3 is 2.88 bits per heavy atom. The van der Waals surface area contributed by atoms with Gasteiger partial charge in [0.05, 0.1) is 11.1 Å². The maximum absolute atomic E-state index is 12.5. The number of fused-ring (bicyclic) bond motifs is 1. The van der Waals surface area contributed by atoms with E-state index in [0.717, 1.165) is 18.4 Å². The zero-order chi connectivity index (χ0) is 17.1. The first-order valence-corrected chi connectivity index (χ1v) is 8.02. The SMILES string of the molecule is CCCc1cn(C)c2c(=O)[nH]c(-c3ccccc3OCCF)nc12. The van der Waals surface area contributed by atoms with Gasteiger partial charge < -0.3 is 14.3 Å². The normalized spacial score (nSPS) is 11.1. The monoisotopic (exact) mass is 329 g/mol. The highest BCUT2D eigenvalue weighted by atomic mass is 19.1. The van der Waals surface area contributed by atoms with Crippen LogP contribution < -0.4 is 10.3 Å². The fourth-order valence-corrected chi connectivity index (χ4v) is 2.89. The lowest BCUT2D eigenvalue weighted by atomic mass is 10.1. The number of para-hydroxylation sites is 1. The van der Waals surface area contributed by atoms with Gasteiger partial charge in [0.25, 0.3) is 5.56 Å². The Hall–Kier alpha value is -2.63. The molecule has 0 saturated carbocycles. The number of H-pyrrole nitrogens is 1. The molecule has 2 aromatic heterocycles. The number of nitrogens with one attached hydrogen (secondary N) is 1. The summed E-state index contributed by atoms with van der Waals surface area (Å²) >= 11 is 0. The van der Waals surface area contributed by atoms with Crippen LogP contribution in [-0.2, 0) is 13.5 Å². The molecule has 0 bridgehead atoms. The Labute approximate surface area is 139 Å². The number of ether oxygens (including phenoxy) is 1. The van der Waals surface area contributed by atoms with Crippen LogP contribution in [0.5, 0.6) is 5.75 Å². The zero-order valence-electron chi connectivity index (χ0n) is 13.8. The lowest BCUT2D eigenvalue weighted by molar-refractivity contribution is 0.274. The predicted molar refractivity (Wildman–Crippen MR) is 92.2 cm³/mol. The van der Waals surface area contributed by atoms with Crippen LogP contribution in [0, 0.1) is 0 Å². The Morgan fingerprint density at radius 1 is 1.33 bits per heavy atom. The highest BCUT2D eigenvalue weighted by Gasteiger charge is 2.15. The number of aromatic nitrogens is 3. The van der Waals surface area contributed by atoms with Crippen molar-refractivity contribution in [1.82, 2.24) is 14.5 Å². The molecular formula is C18H20FN3O2. The number of aryl methyl sites for hydroxylation is 2. The number of benzene rings is 1. The van der Waals surface area contributed by atoms with Gasteiger partial charge in [-0.15, -0.1) is 0 Å². The van der Waals surface area contributed by atoms with E-state index in [0.29, 0.717) is 28.2 Å². The molecule has 5 nitrogen and oxygen atoms in total. The molecule has 0 radical (unpaired) electrons. The Kier molecular flexibility index (Phi) is 4.64. The lowest BCUT2D eigenvalue weighted by Crippen LogP contribution is -2.12. The first kappa shape index (κ1) is 16.2. The van der Waals surface area contributed by atoms with Gasteiger partial charge in [0.2, 0.25) is 0 Å². The number of rotatable bonds is 6. The number of halogens is 1. The van der Waals surface area contributed by atoms with Gasteiger partial charge in [-0.2, -0.15) is 0 Å². The fraction of sp³-hybridized carbons (Fsp3) is 0.333. The first-order chi connectivity index (χ1) is 11.7. The van der Waals surface area contributed by atoms with Crippen LogP contribution in [-0.4, -0.2) is 27.8 Å². The quantitative estimate of drug-likeness (QED) is 0.755. The Morgan fingerprint density at radius 2 is 2.12 bits per heavy atom. The van der Waals surface area contributed by atoms with E-state index in [9.17, 15) is 9.18 Å². The van der Waals surface area contributed by atoms with Crippen molar-refractivity contribution in [2.45, 2.75) is 19.8 Å². The predicted octanol–water partition coefficient (Wildman–Crippen LogP) is 3.23. The molecule has 0 fully saturated rings. The van der Waals surface area contributed by atoms with Gasteiger partial charge >= 0.3 is 0 Å². The third-order valence-corrected chi connectivity index (χ3v) is 3.90. The molecule has 2 heterocycles. The summed E-state index contributed by atoms with van der Waals surface area (Å²) in [4.78, 5) is 20.0. The molecule has 0 saturated heterocycles. The van der Waals surface area contributed by atoms with Gasteiger partial charge in [0, 0.05) is 13.2 Å². The van der Waals surface area contributed by atoms with Crippen molar-refractivity contribution in [2.24, 2.45) is 7.05 Å². The van der Waals surface area contributed by atoms with Crippen molar-refractivity contribution < 1.29 is 9.13 Å². The minimum atomic E-state index is -0.573. The van der Waals surface area contributed by atoms with Gasteiger partial charge in [-0.05, 0) is 24.1 Å². The third-order valence-electron chi connectivity index (χ3n) is 3.90. The van der Waals surface area contributed by atoms with Crippen LogP contribution >= 0.6 is 0 Å². The van der Waals surface area contributed by atoms with Crippen molar-refractivity contribution in [2.75, 3.05) is 13.3 Å². The van der Waals surface area contributed by atoms with E-state index in [2.05, 4.69) is 16.9 Å². The molecule has 0 atom stereocenters. The standard InChI is InChI=1S/C18H20FN3O2/c1-3-6-12-11-22(2)16-15(12)20-17(21-18(16)23)13-7-4-5-8-14(13)24-10-9-19/h4-5,7-8,11H,3,6,9-10H2,1-2H3,(H,20,21,23). The molecule has 0 aliphatic rings. The third kappa shape index (κ3) is 2.91. The van der Waals surface area contributed by atoms with Crippen LogP contribution in [0.25, 0.3) is 22.4 Å². The van der Waals surface area contributed by atoms with Crippen molar-refractivity contribution >= 4 is 11.0 Å². The summed E-state index contributed by atoms with van der Waals surface area (Å²) in [6, 6.07) is 7.19. The number of aromatic amines is 1. The average Bonchev–Trinajstić information content (AvgIpc) is 2.90. The summed E-state index contributed by atoms with van der Waals surface area (Å²) in [6.45, 7) is 1.49. The zero-order valence-corrected chi connectivity index (χ0v) is 13.8. The Bertz CT molecular complexity index is 914. The highest BCUT2D eigenvalue weighted by Crippen LogP contribution is 2.28. The summed E-state index contributed by atoms with van der Waals surface area (Å²) in [5.74, 6) is 0.941. The first-order valence-electron chi connectivity index (χ1n) is 8.02. The molecule has 0 spiro atoms. The van der Waals surface area contributed by atoms with E-state index in [4.69, 9.17) is 4.74 Å². The van der Waals surface area contributed by atoms with Gasteiger partial charge in [-0.25, -0.2) is 9.37 Å². The number of nitrogens with zero attached hydrogens (tertiary/aromatic N) is 2. The molecule has 3 rings (SSSR count). The molecule has 24 heavy (non-hydrogen) atoms. The minimum Gasteiger partial charge on any atom is -0.490 e. The van der Waals surface area contributed by atoms with Crippen LogP contribution in [0.4, 0.5) is 4.39 Å². The van der Waals surface area contributed by atoms with E-state index >= 15 is 0 Å². The lowest BCUT2D eigenvalue weighted by Gasteiger charge is -2.10. The molecule has 1 N–H and O–H groups in total. The summed E-state index contributed by atoms with van der Waals surface area (Å²) in [7, 11) is 1.84. The van der Waals surface area contributed by atoms with Crippen LogP contribution in [0.3, 0.4) is 0 Å². The number of alkyl halides is 1. The van der Waals surface area contributed by atoms with E-state index in [1.165, 1.54) is 0 Å². The molecule has 0 unspecified atom stereocenters. The topological polar surface area (TPSA) is 59.9 Å². The van der Waals surface area contributed by atoms with E-state index < -0.39 is 6.67 Å². The summed E-state index contributed by atoms with van der Waals surface area (Å²) in [5, 5.41) is 0. The van der Waals surface area contributed by atoms with Gasteiger partial charge in [0.15, 0.2) is 0 Å². The largest absolute Gasteiger partial charge is 0.490 e. The smallest absolute Gasteiger partial charge is 0.275 e. The molecule has 6 heteroatoms. The van der Waals surface area contributed by atoms with Crippen LogP contribution in [0.15, 0.2) is 35.3 Å². The van der Waals surface area contributed by atoms with Crippen molar-refractivity contribution in [3.05, 3.63) is 46.4 Å². The summed E-state index contributed by atoms with van der Waals surface area (Å²) in [5.41, 5.74) is 2.77. The maximum atomic E-state index is 12.5. The van der Waals surface area contributed by atoms with Crippen LogP contribution in [0.2, 0.25) is 0 Å². The van der Waals surface area contributed by atoms with Crippen molar-refractivity contribution in [3.8, 4) is 17.1 Å². The second-order valence-electron chi connectivity index (χ2n) is 5.66. The van der Waals surface area contributed by atoms with E-state index in [1.54, 1.807) is 22.8 Å². The minimum absolute atomic E-state index is 0.0318. The second kappa shape index (κ2) is 6.86. The van der Waals surface area contributed by atoms with E-state index in [1.807, 2.05) is 19.3 Å². The van der Waals surface area contributed by atoms with Crippen LogP contribution in [0.1, 0.15) is 18.9 Å². The molecular weight excluding hydrogens is 309 g/mol. The molecule has 3 aromatic rings. The number of hydrogen-bond acceptors (Lipinski definition) is 3. The van der Waals surface area contributed by atoms with Crippen molar-refractivity contribution in [1.29, 1.82) is 0 Å². The average molecular weight is 329 g/mol. The van der Waals surface area contributed by atoms with Crippen molar-refractivity contribution in [3.63, 3.8) is 0 Å². The maximum Gasteiger partial charge on any atom is 0.275 e. The molecule has 1 aromatic carbocycles. The summed E-state index contributed by atoms with van der Waals surface area (Å²) in [6.07, 6.45) is 3.78. The van der Waals surface area contributed by atoms with Gasteiger partial charge in [0.1, 0.15) is 30.4 Å². The van der Waals surface area contributed by atoms with Gasteiger partial charge in [-0.1, -0.05) is 25.5 Å². The highest BCUT2D eigenvalue weighted by molar-refractivity contribution is 5.81. The molecule has 0 aliphatic heterocycles. The molecule has 126 valence electrons. The summed E-state index contributed by atoms with van der Waals surface area (Å²) < 4.78 is 19.7. The molecule has 0 aliphatic carbocycles. The second-order valence-corrected chi connectivity index (χ2v) is 5.66.